The van der Waals surface area contributed by atoms with Crippen molar-refractivity contribution in [1.29, 1.82) is 0 Å². The zero-order chi connectivity index (χ0) is 13.7. The lowest BCUT2D eigenvalue weighted by Crippen LogP contribution is -2.19. The van der Waals surface area contributed by atoms with Crippen LogP contribution in [0.3, 0.4) is 0 Å². The lowest BCUT2D eigenvalue weighted by molar-refractivity contribution is 0.262. The number of rotatable bonds is 3. The maximum Gasteiger partial charge on any atom is 0.323 e. The van der Waals surface area contributed by atoms with E-state index in [1.165, 1.54) is 19.2 Å². The molecule has 98 valence electrons. The van der Waals surface area contributed by atoms with Crippen LogP contribution in [0.1, 0.15) is 0 Å². The number of aromatic hydroxyl groups is 1. The molecular formula is C14H14N2O3. The van der Waals surface area contributed by atoms with Crippen molar-refractivity contribution >= 4 is 17.4 Å². The lowest BCUT2D eigenvalue weighted by atomic mass is 10.3. The number of benzene rings is 2. The van der Waals surface area contributed by atoms with Crippen LogP contribution in [0.4, 0.5) is 16.2 Å². The molecule has 0 unspecified atom stereocenters. The molecule has 2 aromatic carbocycles. The number of ether oxygens (including phenoxy) is 1. The first kappa shape index (κ1) is 12.8. The number of para-hydroxylation sites is 2. The van der Waals surface area contributed by atoms with E-state index in [1.807, 2.05) is 6.07 Å². The summed E-state index contributed by atoms with van der Waals surface area (Å²) in [5.74, 6) is 0.670. The number of carbonyl (C=O) groups is 1. The van der Waals surface area contributed by atoms with Crippen LogP contribution in [-0.2, 0) is 0 Å². The molecule has 19 heavy (non-hydrogen) atoms. The largest absolute Gasteiger partial charge is 0.508 e. The number of methoxy groups -OCH3 is 1. The van der Waals surface area contributed by atoms with Gasteiger partial charge in [0.15, 0.2) is 0 Å². The number of carbonyl (C=O) groups excluding carboxylic acids is 1. The van der Waals surface area contributed by atoms with Crippen LogP contribution in [0.25, 0.3) is 0 Å². The zero-order valence-corrected chi connectivity index (χ0v) is 10.4. The van der Waals surface area contributed by atoms with Crippen molar-refractivity contribution in [2.24, 2.45) is 0 Å². The average Bonchev–Trinajstić information content (AvgIpc) is 2.39. The third-order valence-electron chi connectivity index (χ3n) is 2.46. The standard InChI is InChI=1S/C14H14N2O3/c1-19-13-8-3-2-7-12(13)16-14(18)15-10-5-4-6-11(17)9-10/h2-9,17H,1H3,(H2,15,16,18). The zero-order valence-electron chi connectivity index (χ0n) is 10.4. The normalized spacial score (nSPS) is 9.74. The first-order valence-corrected chi connectivity index (χ1v) is 5.69. The van der Waals surface area contributed by atoms with Gasteiger partial charge in [0.1, 0.15) is 11.5 Å². The number of phenols is 1. The van der Waals surface area contributed by atoms with Gasteiger partial charge in [-0.1, -0.05) is 18.2 Å². The fraction of sp³-hybridized carbons (Fsp3) is 0.0714. The fourth-order valence-electron chi connectivity index (χ4n) is 1.62. The summed E-state index contributed by atoms with van der Waals surface area (Å²) >= 11 is 0. The van der Waals surface area contributed by atoms with Crippen molar-refractivity contribution in [2.45, 2.75) is 0 Å². The quantitative estimate of drug-likeness (QED) is 0.792. The van der Waals surface area contributed by atoms with Gasteiger partial charge in [-0.15, -0.1) is 0 Å². The minimum atomic E-state index is -0.407. The lowest BCUT2D eigenvalue weighted by Gasteiger charge is -2.10. The van der Waals surface area contributed by atoms with Crippen LogP contribution in [0.5, 0.6) is 11.5 Å². The highest BCUT2D eigenvalue weighted by Gasteiger charge is 2.06. The van der Waals surface area contributed by atoms with Gasteiger partial charge in [0.05, 0.1) is 12.8 Å². The highest BCUT2D eigenvalue weighted by molar-refractivity contribution is 6.00. The molecule has 0 saturated heterocycles. The second kappa shape index (κ2) is 5.77. The van der Waals surface area contributed by atoms with E-state index in [0.717, 1.165) is 0 Å². The molecule has 0 fully saturated rings. The molecule has 3 N–H and O–H groups in total. The molecule has 0 radical (unpaired) electrons. The summed E-state index contributed by atoms with van der Waals surface area (Å²) in [6, 6.07) is 13.0. The van der Waals surface area contributed by atoms with Gasteiger partial charge in [-0.3, -0.25) is 0 Å². The molecule has 0 aliphatic carbocycles. The first-order valence-electron chi connectivity index (χ1n) is 5.69. The topological polar surface area (TPSA) is 70.6 Å². The number of anilines is 2. The van der Waals surface area contributed by atoms with E-state index in [4.69, 9.17) is 4.74 Å². The van der Waals surface area contributed by atoms with Crippen LogP contribution >= 0.6 is 0 Å². The summed E-state index contributed by atoms with van der Waals surface area (Å²) in [5.41, 5.74) is 1.08. The number of hydrogen-bond acceptors (Lipinski definition) is 3. The molecule has 0 bridgehead atoms. The molecule has 0 aliphatic rings. The van der Waals surface area contributed by atoms with E-state index in [9.17, 15) is 9.90 Å². The Labute approximate surface area is 110 Å². The predicted octanol–water partition coefficient (Wildman–Crippen LogP) is 3.04. The number of nitrogens with one attached hydrogen (secondary N) is 2. The smallest absolute Gasteiger partial charge is 0.323 e. The summed E-state index contributed by atoms with van der Waals surface area (Å²) in [4.78, 5) is 11.8. The molecule has 2 aromatic rings. The van der Waals surface area contributed by atoms with E-state index < -0.39 is 6.03 Å². The van der Waals surface area contributed by atoms with Gasteiger partial charge >= 0.3 is 6.03 Å². The van der Waals surface area contributed by atoms with Crippen LogP contribution in [0.15, 0.2) is 48.5 Å². The Hall–Kier alpha value is -2.69. The van der Waals surface area contributed by atoms with Gasteiger partial charge in [-0.2, -0.15) is 0 Å². The Bertz CT molecular complexity index is 584. The minimum Gasteiger partial charge on any atom is -0.508 e. The van der Waals surface area contributed by atoms with Crippen LogP contribution < -0.4 is 15.4 Å². The van der Waals surface area contributed by atoms with Crippen molar-refractivity contribution in [3.8, 4) is 11.5 Å². The van der Waals surface area contributed by atoms with Crippen molar-refractivity contribution in [3.63, 3.8) is 0 Å². The molecular weight excluding hydrogens is 244 g/mol. The SMILES string of the molecule is COc1ccccc1NC(=O)Nc1cccc(O)c1. The predicted molar refractivity (Wildman–Crippen MR) is 73.7 cm³/mol. The van der Waals surface area contributed by atoms with Crippen molar-refractivity contribution in [1.82, 2.24) is 0 Å². The molecule has 5 heteroatoms. The molecule has 2 rings (SSSR count). The van der Waals surface area contributed by atoms with Gasteiger partial charge in [-0.05, 0) is 24.3 Å². The summed E-state index contributed by atoms with van der Waals surface area (Å²) < 4.78 is 5.13. The molecule has 0 atom stereocenters. The monoisotopic (exact) mass is 258 g/mol. The molecule has 0 aliphatic heterocycles. The van der Waals surface area contributed by atoms with Crippen LogP contribution in [0, 0.1) is 0 Å². The maximum atomic E-state index is 11.8. The number of urea groups is 1. The number of hydrogen-bond donors (Lipinski definition) is 3. The number of amides is 2. The molecule has 0 saturated carbocycles. The van der Waals surface area contributed by atoms with E-state index in [1.54, 1.807) is 30.3 Å². The third kappa shape index (κ3) is 3.38. The summed E-state index contributed by atoms with van der Waals surface area (Å²) in [6.45, 7) is 0. The van der Waals surface area contributed by atoms with Crippen molar-refractivity contribution in [2.75, 3.05) is 17.7 Å². The Morgan fingerprint density at radius 1 is 1.11 bits per heavy atom. The maximum absolute atomic E-state index is 11.8. The Balaban J connectivity index is 2.05. The van der Waals surface area contributed by atoms with Gasteiger partial charge in [0, 0.05) is 11.8 Å². The van der Waals surface area contributed by atoms with Crippen molar-refractivity contribution < 1.29 is 14.6 Å². The van der Waals surface area contributed by atoms with Gasteiger partial charge in [0.25, 0.3) is 0 Å². The highest BCUT2D eigenvalue weighted by atomic mass is 16.5. The summed E-state index contributed by atoms with van der Waals surface area (Å²) in [5, 5.41) is 14.6. The van der Waals surface area contributed by atoms with Gasteiger partial charge in [0.2, 0.25) is 0 Å². The van der Waals surface area contributed by atoms with Gasteiger partial charge < -0.3 is 20.5 Å². The van der Waals surface area contributed by atoms with Crippen LogP contribution in [0.2, 0.25) is 0 Å². The average molecular weight is 258 g/mol. The second-order valence-corrected chi connectivity index (χ2v) is 3.83. The molecule has 0 aromatic heterocycles. The summed E-state index contributed by atoms with van der Waals surface area (Å²) in [7, 11) is 1.54. The molecule has 0 heterocycles. The second-order valence-electron chi connectivity index (χ2n) is 3.83. The minimum absolute atomic E-state index is 0.0927. The fourth-order valence-corrected chi connectivity index (χ4v) is 1.62. The Morgan fingerprint density at radius 3 is 2.63 bits per heavy atom. The summed E-state index contributed by atoms with van der Waals surface area (Å²) in [6.07, 6.45) is 0. The van der Waals surface area contributed by atoms with E-state index in [0.29, 0.717) is 17.1 Å². The molecule has 0 spiro atoms. The molecule has 5 nitrogen and oxygen atoms in total. The number of phenolic OH excluding ortho intramolecular Hbond substituents is 1. The van der Waals surface area contributed by atoms with Gasteiger partial charge in [-0.25, -0.2) is 4.79 Å². The van der Waals surface area contributed by atoms with Crippen molar-refractivity contribution in [3.05, 3.63) is 48.5 Å². The van der Waals surface area contributed by atoms with Crippen LogP contribution in [-0.4, -0.2) is 18.2 Å². The van der Waals surface area contributed by atoms with E-state index >= 15 is 0 Å². The molecule has 2 amide bonds. The highest BCUT2D eigenvalue weighted by Crippen LogP contribution is 2.23. The third-order valence-corrected chi connectivity index (χ3v) is 2.46. The Kier molecular flexibility index (Phi) is 3.87. The van der Waals surface area contributed by atoms with E-state index in [2.05, 4.69) is 10.6 Å². The first-order chi connectivity index (χ1) is 9.19. The Morgan fingerprint density at radius 2 is 1.89 bits per heavy atom. The van der Waals surface area contributed by atoms with E-state index in [-0.39, 0.29) is 5.75 Å².